The van der Waals surface area contributed by atoms with Crippen molar-refractivity contribution >= 4 is 34.2 Å². The molecule has 7 heteroatoms. The quantitative estimate of drug-likeness (QED) is 0.626. The van der Waals surface area contributed by atoms with E-state index < -0.39 is 5.97 Å². The number of anilines is 1. The van der Waals surface area contributed by atoms with Crippen molar-refractivity contribution in [1.29, 1.82) is 0 Å². The van der Waals surface area contributed by atoms with E-state index in [1.54, 1.807) is 6.92 Å². The number of fused-ring (bicyclic) bond motifs is 1. The lowest BCUT2D eigenvalue weighted by molar-refractivity contribution is -0.140. The Morgan fingerprint density at radius 3 is 2.63 bits per heavy atom. The van der Waals surface area contributed by atoms with E-state index in [1.165, 1.54) is 24.0 Å². The lowest BCUT2D eigenvalue weighted by atomic mass is 9.83. The smallest absolute Gasteiger partial charge is 0.341 e. The van der Waals surface area contributed by atoms with Crippen molar-refractivity contribution in [3.63, 3.8) is 0 Å². The van der Waals surface area contributed by atoms with Crippen molar-refractivity contribution in [3.8, 4) is 0 Å². The fraction of sp³-hybridized carbons (Fsp3) is 0.435. The first-order chi connectivity index (χ1) is 14.5. The summed E-state index contributed by atoms with van der Waals surface area (Å²) >= 11 is 1.46. The first kappa shape index (κ1) is 22.0. The van der Waals surface area contributed by atoms with E-state index in [4.69, 9.17) is 4.74 Å². The maximum atomic E-state index is 12.6. The summed E-state index contributed by atoms with van der Waals surface area (Å²) in [5.74, 6) is -0.551. The summed E-state index contributed by atoms with van der Waals surface area (Å²) in [6.45, 7) is 2.05. The summed E-state index contributed by atoms with van der Waals surface area (Å²) in [7, 11) is 1.33. The molecule has 30 heavy (non-hydrogen) atoms. The van der Waals surface area contributed by atoms with Crippen LogP contribution in [-0.4, -0.2) is 31.6 Å². The van der Waals surface area contributed by atoms with Crippen molar-refractivity contribution in [2.24, 2.45) is 0 Å². The number of amides is 1. The van der Waals surface area contributed by atoms with Gasteiger partial charge in [-0.3, -0.25) is 9.59 Å². The van der Waals surface area contributed by atoms with Gasteiger partial charge in [0.2, 0.25) is 5.91 Å². The van der Waals surface area contributed by atoms with Crippen molar-refractivity contribution in [1.82, 2.24) is 0 Å². The SMILES string of the molecule is CCOC(=O)c1c(NC(=O)CCCC(=O)OC)sc2c1CC[C@H](c1ccccc1)C2. The van der Waals surface area contributed by atoms with Crippen molar-refractivity contribution in [2.45, 2.75) is 51.4 Å². The number of methoxy groups -OCH3 is 1. The lowest BCUT2D eigenvalue weighted by Crippen LogP contribution is -2.17. The lowest BCUT2D eigenvalue weighted by Gasteiger charge is -2.23. The summed E-state index contributed by atoms with van der Waals surface area (Å²) in [5, 5.41) is 3.43. The second kappa shape index (κ2) is 10.4. The predicted molar refractivity (Wildman–Crippen MR) is 116 cm³/mol. The van der Waals surface area contributed by atoms with Gasteiger partial charge >= 0.3 is 11.9 Å². The zero-order chi connectivity index (χ0) is 21.5. The molecule has 0 radical (unpaired) electrons. The number of carbonyl (C=O) groups excluding carboxylic acids is 3. The molecule has 0 unspecified atom stereocenters. The van der Waals surface area contributed by atoms with Gasteiger partial charge in [-0.15, -0.1) is 11.3 Å². The highest BCUT2D eigenvalue weighted by molar-refractivity contribution is 7.17. The van der Waals surface area contributed by atoms with Crippen LogP contribution < -0.4 is 5.32 Å². The molecule has 1 N–H and O–H groups in total. The summed E-state index contributed by atoms with van der Waals surface area (Å²) in [6, 6.07) is 10.4. The third kappa shape index (κ3) is 5.27. The topological polar surface area (TPSA) is 81.7 Å². The van der Waals surface area contributed by atoms with Crippen LogP contribution in [0.3, 0.4) is 0 Å². The van der Waals surface area contributed by atoms with Gasteiger partial charge in [-0.05, 0) is 49.7 Å². The largest absolute Gasteiger partial charge is 0.469 e. The molecule has 1 aliphatic carbocycles. The Hall–Kier alpha value is -2.67. The van der Waals surface area contributed by atoms with Crippen LogP contribution in [0.5, 0.6) is 0 Å². The van der Waals surface area contributed by atoms with Gasteiger partial charge in [0.25, 0.3) is 0 Å². The van der Waals surface area contributed by atoms with E-state index in [0.29, 0.717) is 22.9 Å². The minimum Gasteiger partial charge on any atom is -0.469 e. The zero-order valence-corrected chi connectivity index (χ0v) is 18.2. The molecule has 1 aliphatic rings. The molecule has 1 atom stereocenters. The van der Waals surface area contributed by atoms with Crippen LogP contribution in [0.2, 0.25) is 0 Å². The van der Waals surface area contributed by atoms with E-state index in [1.807, 2.05) is 18.2 Å². The predicted octanol–water partition coefficient (Wildman–Crippen LogP) is 4.48. The van der Waals surface area contributed by atoms with Crippen LogP contribution in [0.4, 0.5) is 5.00 Å². The molecule has 1 amide bonds. The van der Waals surface area contributed by atoms with Crippen molar-refractivity contribution < 1.29 is 23.9 Å². The highest BCUT2D eigenvalue weighted by Crippen LogP contribution is 2.42. The van der Waals surface area contributed by atoms with Crippen LogP contribution in [0.1, 0.15) is 64.9 Å². The second-order valence-corrected chi connectivity index (χ2v) is 8.36. The van der Waals surface area contributed by atoms with E-state index in [9.17, 15) is 14.4 Å². The second-order valence-electron chi connectivity index (χ2n) is 7.26. The number of carbonyl (C=O) groups is 3. The monoisotopic (exact) mass is 429 g/mol. The van der Waals surface area contributed by atoms with Crippen molar-refractivity contribution in [2.75, 3.05) is 19.0 Å². The summed E-state index contributed by atoms with van der Waals surface area (Å²) < 4.78 is 9.87. The van der Waals surface area contributed by atoms with Crippen LogP contribution in [-0.2, 0) is 31.9 Å². The standard InChI is InChI=1S/C23H27NO5S/c1-3-29-23(27)21-17-13-12-16(15-8-5-4-6-9-15)14-18(17)30-22(21)24-19(25)10-7-11-20(26)28-2/h4-6,8-9,16H,3,7,10-14H2,1-2H3,(H,24,25)/t16-/m0/s1. The maximum Gasteiger partial charge on any atom is 0.341 e. The van der Waals surface area contributed by atoms with Crippen LogP contribution >= 0.6 is 11.3 Å². The van der Waals surface area contributed by atoms with Crippen LogP contribution in [0.15, 0.2) is 30.3 Å². The number of rotatable bonds is 8. The average molecular weight is 430 g/mol. The van der Waals surface area contributed by atoms with Crippen LogP contribution in [0, 0.1) is 0 Å². The Bertz CT molecular complexity index is 906. The molecule has 1 heterocycles. The van der Waals surface area contributed by atoms with E-state index in [2.05, 4.69) is 22.2 Å². The average Bonchev–Trinajstić information content (AvgIpc) is 3.11. The molecule has 6 nitrogen and oxygen atoms in total. The molecule has 0 fully saturated rings. The Kier molecular flexibility index (Phi) is 7.63. The normalized spacial score (nSPS) is 15.2. The molecular weight excluding hydrogens is 402 g/mol. The number of hydrogen-bond acceptors (Lipinski definition) is 6. The Morgan fingerprint density at radius 2 is 1.93 bits per heavy atom. The molecule has 0 spiro atoms. The summed E-state index contributed by atoms with van der Waals surface area (Å²) in [5.41, 5.74) is 2.78. The zero-order valence-electron chi connectivity index (χ0n) is 17.4. The fourth-order valence-corrected chi connectivity index (χ4v) is 5.12. The van der Waals surface area contributed by atoms with Gasteiger partial charge < -0.3 is 14.8 Å². The first-order valence-corrected chi connectivity index (χ1v) is 11.1. The minimum atomic E-state index is -0.391. The van der Waals surface area contributed by atoms with Gasteiger partial charge in [0.15, 0.2) is 0 Å². The third-order valence-electron chi connectivity index (χ3n) is 5.28. The maximum absolute atomic E-state index is 12.6. The first-order valence-electron chi connectivity index (χ1n) is 10.3. The van der Waals surface area contributed by atoms with Gasteiger partial charge in [0.1, 0.15) is 5.00 Å². The Labute approximate surface area is 180 Å². The molecule has 160 valence electrons. The molecular formula is C23H27NO5S. The molecule has 0 bridgehead atoms. The van der Waals surface area contributed by atoms with Crippen molar-refractivity contribution in [3.05, 3.63) is 51.9 Å². The Balaban J connectivity index is 1.78. The number of esters is 2. The van der Waals surface area contributed by atoms with Gasteiger partial charge in [-0.25, -0.2) is 4.79 Å². The molecule has 0 aliphatic heterocycles. The van der Waals surface area contributed by atoms with Crippen LogP contribution in [0.25, 0.3) is 0 Å². The summed E-state index contributed by atoms with van der Waals surface area (Å²) in [6.07, 6.45) is 3.34. The van der Waals surface area contributed by atoms with Gasteiger partial charge in [-0.1, -0.05) is 30.3 Å². The minimum absolute atomic E-state index is 0.187. The van der Waals surface area contributed by atoms with E-state index >= 15 is 0 Å². The highest BCUT2D eigenvalue weighted by atomic mass is 32.1. The number of nitrogens with one attached hydrogen (secondary N) is 1. The van der Waals surface area contributed by atoms with Gasteiger partial charge in [0, 0.05) is 17.7 Å². The molecule has 1 aromatic heterocycles. The highest BCUT2D eigenvalue weighted by Gasteiger charge is 2.30. The number of benzene rings is 1. The number of ether oxygens (including phenoxy) is 2. The molecule has 0 saturated heterocycles. The van der Waals surface area contributed by atoms with Gasteiger partial charge in [-0.2, -0.15) is 0 Å². The number of thiophene rings is 1. The van der Waals surface area contributed by atoms with E-state index in [0.717, 1.165) is 29.7 Å². The third-order valence-corrected chi connectivity index (χ3v) is 6.45. The summed E-state index contributed by atoms with van der Waals surface area (Å²) in [4.78, 5) is 37.4. The molecule has 0 saturated carbocycles. The van der Waals surface area contributed by atoms with Gasteiger partial charge in [0.05, 0.1) is 19.3 Å². The fourth-order valence-electron chi connectivity index (χ4n) is 3.79. The molecule has 2 aromatic rings. The van der Waals surface area contributed by atoms with E-state index in [-0.39, 0.29) is 31.3 Å². The Morgan fingerprint density at radius 1 is 1.17 bits per heavy atom. The molecule has 3 rings (SSSR count). The number of hydrogen-bond donors (Lipinski definition) is 1. The molecule has 1 aromatic carbocycles.